The van der Waals surface area contributed by atoms with Gasteiger partial charge in [0.2, 0.25) is 5.13 Å². The van der Waals surface area contributed by atoms with E-state index in [-0.39, 0.29) is 0 Å². The van der Waals surface area contributed by atoms with Crippen molar-refractivity contribution in [2.45, 2.75) is 0 Å². The van der Waals surface area contributed by atoms with Crippen molar-refractivity contribution in [3.8, 4) is 22.1 Å². The third-order valence-corrected chi connectivity index (χ3v) is 4.29. The number of aromatic nitrogens is 2. The summed E-state index contributed by atoms with van der Waals surface area (Å²) < 4.78 is 5.83. The van der Waals surface area contributed by atoms with Crippen molar-refractivity contribution in [3.63, 3.8) is 0 Å². The minimum atomic E-state index is 0.580. The molecule has 0 saturated carbocycles. The van der Waals surface area contributed by atoms with Gasteiger partial charge in [-0.3, -0.25) is 0 Å². The predicted molar refractivity (Wildman–Crippen MR) is 91.8 cm³/mol. The van der Waals surface area contributed by atoms with Gasteiger partial charge in [-0.05, 0) is 30.3 Å². The topological polar surface area (TPSA) is 51.0 Å². The SMILES string of the molecule is C=CCNc1nnc(-c2ccc(-c3cc(Cl)ccc3Cl)o2)s1. The van der Waals surface area contributed by atoms with E-state index in [1.807, 2.05) is 12.1 Å². The zero-order valence-corrected chi connectivity index (χ0v) is 13.7. The summed E-state index contributed by atoms with van der Waals surface area (Å²) in [6.45, 7) is 4.28. The summed E-state index contributed by atoms with van der Waals surface area (Å²) in [6, 6.07) is 8.92. The molecule has 0 spiro atoms. The molecule has 7 heteroatoms. The molecule has 0 aliphatic carbocycles. The standard InChI is InChI=1S/C15H11Cl2N3OS/c1-2-7-18-15-20-19-14(22-15)13-6-5-12(21-13)10-8-9(16)3-4-11(10)17/h2-6,8H,1,7H2,(H,18,20). The molecule has 4 nitrogen and oxygen atoms in total. The van der Waals surface area contributed by atoms with Gasteiger partial charge in [0, 0.05) is 17.1 Å². The van der Waals surface area contributed by atoms with E-state index in [1.165, 1.54) is 11.3 Å². The third-order valence-electron chi connectivity index (χ3n) is 2.83. The van der Waals surface area contributed by atoms with Gasteiger partial charge in [0.05, 0.1) is 5.02 Å². The number of benzene rings is 1. The molecule has 0 radical (unpaired) electrons. The molecule has 0 fully saturated rings. The van der Waals surface area contributed by atoms with E-state index in [4.69, 9.17) is 27.6 Å². The smallest absolute Gasteiger partial charge is 0.206 e. The Morgan fingerprint density at radius 2 is 2.00 bits per heavy atom. The lowest BCUT2D eigenvalue weighted by Gasteiger charge is -2.01. The number of furan rings is 1. The molecule has 0 unspecified atom stereocenters. The fourth-order valence-electron chi connectivity index (χ4n) is 1.84. The molecule has 22 heavy (non-hydrogen) atoms. The summed E-state index contributed by atoms with van der Waals surface area (Å²) in [6.07, 6.45) is 1.76. The van der Waals surface area contributed by atoms with E-state index in [0.717, 1.165) is 5.56 Å². The lowest BCUT2D eigenvalue weighted by atomic mass is 10.2. The van der Waals surface area contributed by atoms with Gasteiger partial charge < -0.3 is 9.73 Å². The Morgan fingerprint density at radius 1 is 1.18 bits per heavy atom. The second-order valence-corrected chi connectivity index (χ2v) is 6.19. The van der Waals surface area contributed by atoms with Crippen LogP contribution in [0.2, 0.25) is 10.0 Å². The van der Waals surface area contributed by atoms with E-state index in [2.05, 4.69) is 22.1 Å². The highest BCUT2D eigenvalue weighted by molar-refractivity contribution is 7.18. The second kappa shape index (κ2) is 6.52. The molecule has 0 saturated heterocycles. The molecule has 0 amide bonds. The van der Waals surface area contributed by atoms with Crippen molar-refractivity contribution in [3.05, 3.63) is 53.0 Å². The van der Waals surface area contributed by atoms with Gasteiger partial charge >= 0.3 is 0 Å². The molecule has 1 aromatic carbocycles. The third kappa shape index (κ3) is 3.16. The fraction of sp³-hybridized carbons (Fsp3) is 0.0667. The first-order valence-corrected chi connectivity index (χ1v) is 7.98. The van der Waals surface area contributed by atoms with Crippen molar-refractivity contribution in [1.82, 2.24) is 10.2 Å². The molecular weight excluding hydrogens is 341 g/mol. The van der Waals surface area contributed by atoms with E-state index in [1.54, 1.807) is 24.3 Å². The number of nitrogens with one attached hydrogen (secondary N) is 1. The summed E-state index contributed by atoms with van der Waals surface area (Å²) in [4.78, 5) is 0. The van der Waals surface area contributed by atoms with Crippen molar-refractivity contribution in [1.29, 1.82) is 0 Å². The van der Waals surface area contributed by atoms with Crippen molar-refractivity contribution in [2.75, 3.05) is 11.9 Å². The number of halogens is 2. The van der Waals surface area contributed by atoms with Crippen molar-refractivity contribution < 1.29 is 4.42 Å². The molecule has 2 heterocycles. The highest BCUT2D eigenvalue weighted by Crippen LogP contribution is 2.35. The Hall–Kier alpha value is -1.82. The zero-order chi connectivity index (χ0) is 15.5. The molecular formula is C15H11Cl2N3OS. The van der Waals surface area contributed by atoms with Crippen LogP contribution >= 0.6 is 34.5 Å². The van der Waals surface area contributed by atoms with Crippen LogP contribution in [-0.4, -0.2) is 16.7 Å². The molecule has 0 aliphatic rings. The van der Waals surface area contributed by atoms with Gasteiger partial charge in [0.25, 0.3) is 0 Å². The van der Waals surface area contributed by atoms with Crippen LogP contribution < -0.4 is 5.32 Å². The van der Waals surface area contributed by atoms with Crippen LogP contribution in [0, 0.1) is 0 Å². The van der Waals surface area contributed by atoms with Crippen LogP contribution in [-0.2, 0) is 0 Å². The number of rotatable bonds is 5. The first kappa shape index (κ1) is 15.1. The van der Waals surface area contributed by atoms with Crippen LogP contribution in [0.5, 0.6) is 0 Å². The molecule has 1 N–H and O–H groups in total. The first-order chi connectivity index (χ1) is 10.7. The molecule has 0 atom stereocenters. The highest BCUT2D eigenvalue weighted by atomic mass is 35.5. The number of nitrogens with zero attached hydrogens (tertiary/aromatic N) is 2. The van der Waals surface area contributed by atoms with E-state index < -0.39 is 0 Å². The summed E-state index contributed by atoms with van der Waals surface area (Å²) in [5.41, 5.74) is 0.745. The summed E-state index contributed by atoms with van der Waals surface area (Å²) >= 11 is 13.6. The average molecular weight is 352 g/mol. The van der Waals surface area contributed by atoms with Gasteiger partial charge in [0.1, 0.15) is 5.76 Å². The van der Waals surface area contributed by atoms with Crippen LogP contribution in [0.15, 0.2) is 47.4 Å². The average Bonchev–Trinajstić information content (AvgIpc) is 3.16. The Labute approximate surface area is 141 Å². The number of hydrogen-bond acceptors (Lipinski definition) is 5. The molecule has 3 rings (SSSR count). The van der Waals surface area contributed by atoms with Crippen LogP contribution in [0.4, 0.5) is 5.13 Å². The van der Waals surface area contributed by atoms with Crippen molar-refractivity contribution in [2.24, 2.45) is 0 Å². The van der Waals surface area contributed by atoms with E-state index in [0.29, 0.717) is 38.2 Å². The van der Waals surface area contributed by atoms with Gasteiger partial charge in [-0.15, -0.1) is 16.8 Å². The van der Waals surface area contributed by atoms with E-state index in [9.17, 15) is 0 Å². The Kier molecular flexibility index (Phi) is 4.47. The molecule has 0 aliphatic heterocycles. The van der Waals surface area contributed by atoms with Crippen LogP contribution in [0.3, 0.4) is 0 Å². The van der Waals surface area contributed by atoms with Gasteiger partial charge in [-0.25, -0.2) is 0 Å². The minimum Gasteiger partial charge on any atom is -0.453 e. The Morgan fingerprint density at radius 3 is 2.82 bits per heavy atom. The minimum absolute atomic E-state index is 0.580. The maximum atomic E-state index is 6.18. The predicted octanol–water partition coefficient (Wildman–Crippen LogP) is 5.37. The van der Waals surface area contributed by atoms with Crippen LogP contribution in [0.1, 0.15) is 0 Å². The van der Waals surface area contributed by atoms with Crippen molar-refractivity contribution >= 4 is 39.7 Å². The first-order valence-electron chi connectivity index (χ1n) is 6.41. The second-order valence-electron chi connectivity index (χ2n) is 4.37. The van der Waals surface area contributed by atoms with E-state index >= 15 is 0 Å². The Bertz CT molecular complexity index is 813. The molecule has 0 bridgehead atoms. The Balaban J connectivity index is 1.88. The zero-order valence-electron chi connectivity index (χ0n) is 11.3. The quantitative estimate of drug-likeness (QED) is 0.627. The normalized spacial score (nSPS) is 10.6. The molecule has 2 aromatic heterocycles. The number of hydrogen-bond donors (Lipinski definition) is 1. The molecule has 3 aromatic rings. The summed E-state index contributed by atoms with van der Waals surface area (Å²) in [7, 11) is 0. The fourth-order valence-corrected chi connectivity index (χ4v) is 2.93. The maximum absolute atomic E-state index is 6.18. The number of anilines is 1. The van der Waals surface area contributed by atoms with Gasteiger partial charge in [-0.1, -0.05) is 40.6 Å². The van der Waals surface area contributed by atoms with Crippen LogP contribution in [0.25, 0.3) is 22.1 Å². The lowest BCUT2D eigenvalue weighted by molar-refractivity contribution is 0.596. The summed E-state index contributed by atoms with van der Waals surface area (Å²) in [5, 5.41) is 13.8. The largest absolute Gasteiger partial charge is 0.453 e. The molecule has 112 valence electrons. The highest BCUT2D eigenvalue weighted by Gasteiger charge is 2.13. The maximum Gasteiger partial charge on any atom is 0.206 e. The lowest BCUT2D eigenvalue weighted by Crippen LogP contribution is -1.96. The monoisotopic (exact) mass is 351 g/mol. The summed E-state index contributed by atoms with van der Waals surface area (Å²) in [5.74, 6) is 1.27. The van der Waals surface area contributed by atoms with Gasteiger partial charge in [-0.2, -0.15) is 0 Å². The van der Waals surface area contributed by atoms with Gasteiger partial charge in [0.15, 0.2) is 10.8 Å².